The summed E-state index contributed by atoms with van der Waals surface area (Å²) in [5, 5.41) is 32.4. The largest absolute Gasteiger partial charge is 0.396 e. The summed E-state index contributed by atoms with van der Waals surface area (Å²) in [5.74, 6) is 1.12. The molecule has 0 bridgehead atoms. The molecule has 2 heterocycles. The molecule has 6 rings (SSSR count). The molecule has 0 aliphatic heterocycles. The Morgan fingerprint density at radius 1 is 0.635 bits per heavy atom. The van der Waals surface area contributed by atoms with E-state index in [4.69, 9.17) is 20.9 Å². The first-order valence-electron chi connectivity index (χ1n) is 18.9. The van der Waals surface area contributed by atoms with E-state index in [1.807, 2.05) is 0 Å². The topological polar surface area (TPSA) is 245 Å². The molecule has 10 N–H and O–H groups in total. The highest BCUT2D eigenvalue weighted by Crippen LogP contribution is 2.31. The van der Waals surface area contributed by atoms with Gasteiger partial charge in [-0.2, -0.15) is 9.97 Å². The van der Waals surface area contributed by atoms with E-state index >= 15 is 0 Å². The Kier molecular flexibility index (Phi) is 14.6. The van der Waals surface area contributed by atoms with E-state index in [9.17, 15) is 19.8 Å². The highest BCUT2D eigenvalue weighted by molar-refractivity contribution is 5.98. The minimum atomic E-state index is -0.557. The van der Waals surface area contributed by atoms with Gasteiger partial charge in [0.1, 0.15) is 11.6 Å². The first-order valence-corrected chi connectivity index (χ1v) is 18.9. The number of hydrogen-bond donors (Lipinski definition) is 8. The van der Waals surface area contributed by atoms with Gasteiger partial charge in [0.05, 0.1) is 23.3 Å². The van der Waals surface area contributed by atoms with Crippen LogP contribution in [0.4, 0.5) is 23.5 Å². The fourth-order valence-electron chi connectivity index (χ4n) is 7.98. The summed E-state index contributed by atoms with van der Waals surface area (Å²) in [5.41, 5.74) is 11.5. The van der Waals surface area contributed by atoms with Crippen LogP contribution in [0.3, 0.4) is 0 Å². The second kappa shape index (κ2) is 19.3. The number of nitrogens with two attached hydrogens (primary N) is 2. The molecule has 288 valence electrons. The number of carbonyl (C=O) groups is 2. The van der Waals surface area contributed by atoms with Crippen molar-refractivity contribution in [2.75, 3.05) is 48.7 Å². The van der Waals surface area contributed by atoms with Crippen molar-refractivity contribution in [2.24, 2.45) is 23.3 Å². The molecule has 2 aromatic heterocycles. The summed E-state index contributed by atoms with van der Waals surface area (Å²) < 4.78 is 10.8. The van der Waals surface area contributed by atoms with Gasteiger partial charge in [0, 0.05) is 75.8 Å². The third kappa shape index (κ3) is 10.6. The van der Waals surface area contributed by atoms with Crippen molar-refractivity contribution in [1.82, 2.24) is 19.9 Å². The highest BCUT2D eigenvalue weighted by Gasteiger charge is 2.30. The molecular weight excluding hydrogens is 668 g/mol. The Bertz CT molecular complexity index is 1350. The molecular formula is C36H58N10O6. The van der Waals surface area contributed by atoms with Gasteiger partial charge in [0.25, 0.3) is 11.8 Å². The minimum absolute atomic E-state index is 0.0954. The quantitative estimate of drug-likeness (QED) is 0.140. The fourth-order valence-corrected chi connectivity index (χ4v) is 7.98. The molecule has 0 aromatic carbocycles. The summed E-state index contributed by atoms with van der Waals surface area (Å²) in [6.07, 6.45) is 17.6. The molecule has 16 nitrogen and oxygen atoms in total. The molecule has 4 aliphatic carbocycles. The number of hydrogen-bond acceptors (Lipinski definition) is 14. The molecule has 2 amide bonds. The number of aliphatic hydroxyl groups is 2. The number of aliphatic hydroxyl groups excluding tert-OH is 2. The van der Waals surface area contributed by atoms with E-state index in [1.165, 1.54) is 12.4 Å². The van der Waals surface area contributed by atoms with Gasteiger partial charge in [-0.1, -0.05) is 12.8 Å². The Morgan fingerprint density at radius 2 is 1.02 bits per heavy atom. The second-order valence-corrected chi connectivity index (χ2v) is 14.6. The molecule has 0 radical (unpaired) electrons. The average Bonchev–Trinajstić information content (AvgIpc) is 3.81. The predicted molar refractivity (Wildman–Crippen MR) is 198 cm³/mol. The molecule has 0 saturated heterocycles. The molecule has 2 aromatic rings. The number of rotatable bonds is 14. The lowest BCUT2D eigenvalue weighted by Gasteiger charge is -2.28. The number of aromatic nitrogens is 4. The van der Waals surface area contributed by atoms with Crippen molar-refractivity contribution in [1.29, 1.82) is 0 Å². The third-order valence-corrected chi connectivity index (χ3v) is 11.2. The Morgan fingerprint density at radius 3 is 1.35 bits per heavy atom. The number of amides is 2. The van der Waals surface area contributed by atoms with Crippen LogP contribution in [-0.4, -0.2) is 106 Å². The maximum Gasteiger partial charge on any atom is 0.254 e. The third-order valence-electron chi connectivity index (χ3n) is 11.2. The van der Waals surface area contributed by atoms with Crippen molar-refractivity contribution in [3.05, 3.63) is 23.5 Å². The van der Waals surface area contributed by atoms with Crippen LogP contribution in [0.2, 0.25) is 0 Å². The molecule has 4 atom stereocenters. The van der Waals surface area contributed by atoms with Crippen molar-refractivity contribution in [2.45, 2.75) is 126 Å². The number of primary amides is 2. The van der Waals surface area contributed by atoms with Gasteiger partial charge >= 0.3 is 0 Å². The summed E-state index contributed by atoms with van der Waals surface area (Å²) in [6, 6.07) is 0.784. The molecule has 0 unspecified atom stereocenters. The lowest BCUT2D eigenvalue weighted by molar-refractivity contribution is 0.0680. The standard InChI is InChI=1S/2C18H29N5O3/c2*1-26-13-7-5-12(6-8-13)21-18-20-9-14(16(19)25)17(23-18)22-15-4-2-3-11(15)10-24/h2*9,11-13,15,24H,2-8,10H2,1H3,(H2,19,25)(H2,20,21,22,23)/t2*11-,12?,13?,15-/m10/s1. The van der Waals surface area contributed by atoms with Gasteiger partial charge < -0.3 is 52.4 Å². The van der Waals surface area contributed by atoms with Crippen LogP contribution in [0.15, 0.2) is 12.4 Å². The number of nitrogens with zero attached hydrogens (tertiary/aromatic N) is 4. The predicted octanol–water partition coefficient (Wildman–Crippen LogP) is 3.04. The van der Waals surface area contributed by atoms with Crippen molar-refractivity contribution < 1.29 is 29.3 Å². The molecule has 52 heavy (non-hydrogen) atoms. The lowest BCUT2D eigenvalue weighted by atomic mass is 9.93. The zero-order valence-electron chi connectivity index (χ0n) is 30.6. The highest BCUT2D eigenvalue weighted by atomic mass is 16.5. The van der Waals surface area contributed by atoms with Crippen molar-refractivity contribution >= 4 is 35.3 Å². The second-order valence-electron chi connectivity index (χ2n) is 14.6. The number of nitrogens with one attached hydrogen (secondary N) is 4. The van der Waals surface area contributed by atoms with Crippen LogP contribution in [0, 0.1) is 11.8 Å². The van der Waals surface area contributed by atoms with E-state index in [0.717, 1.165) is 89.9 Å². The average molecular weight is 727 g/mol. The zero-order valence-corrected chi connectivity index (χ0v) is 30.6. The van der Waals surface area contributed by atoms with Crippen molar-refractivity contribution in [3.8, 4) is 0 Å². The number of ether oxygens (including phenoxy) is 2. The van der Waals surface area contributed by atoms with Crippen LogP contribution < -0.4 is 32.7 Å². The normalized spacial score (nSPS) is 28.7. The van der Waals surface area contributed by atoms with Gasteiger partial charge in [-0.15, -0.1) is 0 Å². The zero-order chi connectivity index (χ0) is 37.0. The van der Waals surface area contributed by atoms with Crippen LogP contribution >= 0.6 is 0 Å². The smallest absolute Gasteiger partial charge is 0.254 e. The van der Waals surface area contributed by atoms with E-state index < -0.39 is 11.8 Å². The molecule has 0 spiro atoms. The minimum Gasteiger partial charge on any atom is -0.396 e. The molecule has 4 aliphatic rings. The van der Waals surface area contributed by atoms with E-state index in [0.29, 0.717) is 47.8 Å². The summed E-state index contributed by atoms with van der Waals surface area (Å²) in [6.45, 7) is 0.255. The van der Waals surface area contributed by atoms with Crippen LogP contribution in [0.1, 0.15) is 111 Å². The fraction of sp³-hybridized carbons (Fsp3) is 0.722. The maximum atomic E-state index is 11.7. The van der Waals surface area contributed by atoms with E-state index in [1.54, 1.807) is 14.2 Å². The SMILES string of the molecule is COC1CCC(Nc2ncc(C(N)=O)c(N[C@@H]3CCC[C@@H]3CO)n2)CC1.COC1CCC(Nc2ncc(C(N)=O)c(N[C@H]3CCC[C@H]3CO)n2)CC1. The first kappa shape index (κ1) is 39.3. The van der Waals surface area contributed by atoms with Gasteiger partial charge in [-0.3, -0.25) is 9.59 Å². The monoisotopic (exact) mass is 726 g/mol. The van der Waals surface area contributed by atoms with Gasteiger partial charge in [-0.25, -0.2) is 9.97 Å². The summed E-state index contributed by atoms with van der Waals surface area (Å²) >= 11 is 0. The van der Waals surface area contributed by atoms with Crippen LogP contribution in [-0.2, 0) is 9.47 Å². The van der Waals surface area contributed by atoms with Gasteiger partial charge in [0.15, 0.2) is 0 Å². The van der Waals surface area contributed by atoms with Crippen LogP contribution in [0.5, 0.6) is 0 Å². The first-order chi connectivity index (χ1) is 25.2. The molecule has 4 fully saturated rings. The van der Waals surface area contributed by atoms with Gasteiger partial charge in [0.2, 0.25) is 11.9 Å². The van der Waals surface area contributed by atoms with Crippen molar-refractivity contribution in [3.63, 3.8) is 0 Å². The van der Waals surface area contributed by atoms with E-state index in [-0.39, 0.29) is 48.3 Å². The summed E-state index contributed by atoms with van der Waals surface area (Å²) in [4.78, 5) is 41.0. The lowest BCUT2D eigenvalue weighted by Crippen LogP contribution is -2.31. The van der Waals surface area contributed by atoms with E-state index in [2.05, 4.69) is 41.2 Å². The number of carbonyl (C=O) groups excluding carboxylic acids is 2. The Balaban J connectivity index is 0.000000201. The van der Waals surface area contributed by atoms with Crippen LogP contribution in [0.25, 0.3) is 0 Å². The molecule has 16 heteroatoms. The Labute approximate surface area is 306 Å². The molecule has 4 saturated carbocycles. The number of anilines is 4. The van der Waals surface area contributed by atoms with Gasteiger partial charge in [-0.05, 0) is 77.0 Å². The number of methoxy groups -OCH3 is 2. The maximum absolute atomic E-state index is 11.7. The Hall–Kier alpha value is -3.86. The summed E-state index contributed by atoms with van der Waals surface area (Å²) in [7, 11) is 3.51.